The van der Waals surface area contributed by atoms with Crippen LogP contribution in [-0.4, -0.2) is 43.9 Å². The fraction of sp³-hybridized carbons (Fsp3) is 0.500. The van der Waals surface area contributed by atoms with Gasteiger partial charge in [0, 0.05) is 30.8 Å². The van der Waals surface area contributed by atoms with Gasteiger partial charge in [-0.05, 0) is 44.7 Å². The van der Waals surface area contributed by atoms with E-state index in [1.165, 1.54) is 4.31 Å². The summed E-state index contributed by atoms with van der Waals surface area (Å²) in [5.74, 6) is 0.862. The molecule has 10 heteroatoms. The number of ether oxygens (including phenoxy) is 1. The number of aromatic nitrogens is 2. The van der Waals surface area contributed by atoms with Crippen LogP contribution >= 0.6 is 0 Å². The monoisotopic (exact) mass is 433 g/mol. The number of aromatic amines is 1. The van der Waals surface area contributed by atoms with Crippen LogP contribution in [0.5, 0.6) is 0 Å². The molecule has 0 unspecified atom stereocenters. The van der Waals surface area contributed by atoms with E-state index in [1.54, 1.807) is 7.05 Å². The zero-order chi connectivity index (χ0) is 21.5. The van der Waals surface area contributed by atoms with Crippen LogP contribution in [0.2, 0.25) is 0 Å². The van der Waals surface area contributed by atoms with E-state index in [2.05, 4.69) is 20.8 Å². The zero-order valence-corrected chi connectivity index (χ0v) is 18.1. The summed E-state index contributed by atoms with van der Waals surface area (Å²) in [6, 6.07) is 7.49. The number of carbonyl (C=O) groups excluding carboxylic acids is 1. The van der Waals surface area contributed by atoms with Gasteiger partial charge in [0.05, 0.1) is 17.1 Å². The molecule has 0 radical (unpaired) electrons. The molecule has 1 aliphatic carbocycles. The lowest BCUT2D eigenvalue weighted by Crippen LogP contribution is -2.33. The molecular formula is C20H27N5O4S. The van der Waals surface area contributed by atoms with E-state index in [9.17, 15) is 13.2 Å². The largest absolute Gasteiger partial charge is 0.446 e. The first kappa shape index (κ1) is 20.5. The summed E-state index contributed by atoms with van der Waals surface area (Å²) < 4.78 is 31.2. The van der Waals surface area contributed by atoms with Crippen molar-refractivity contribution in [3.8, 4) is 0 Å². The smallest absolute Gasteiger partial charge is 0.407 e. The zero-order valence-electron chi connectivity index (χ0n) is 17.3. The van der Waals surface area contributed by atoms with Gasteiger partial charge in [0.1, 0.15) is 6.10 Å². The molecule has 2 atom stereocenters. The number of anilines is 3. The van der Waals surface area contributed by atoms with Crippen molar-refractivity contribution < 1.29 is 17.9 Å². The van der Waals surface area contributed by atoms with Crippen molar-refractivity contribution in [2.24, 2.45) is 0 Å². The summed E-state index contributed by atoms with van der Waals surface area (Å²) in [6.07, 6.45) is 1.98. The maximum atomic E-state index is 12.2. The lowest BCUT2D eigenvalue weighted by Gasteiger charge is -2.16. The number of carbonyl (C=O) groups is 1. The minimum atomic E-state index is -3.31. The number of amides is 1. The van der Waals surface area contributed by atoms with Gasteiger partial charge in [-0.15, -0.1) is 0 Å². The Morgan fingerprint density at radius 2 is 2.13 bits per heavy atom. The average molecular weight is 434 g/mol. The maximum absolute atomic E-state index is 12.2. The highest BCUT2D eigenvalue weighted by atomic mass is 32.2. The van der Waals surface area contributed by atoms with Crippen LogP contribution in [0, 0.1) is 0 Å². The minimum Gasteiger partial charge on any atom is -0.446 e. The SMILES string of the molecule is CC(C)NC(=O)O[C@@H]1CC[C@H](c2cc(Nc3cccc4c3N(C)S(=O)(=O)C4)n[nH]2)C1. The van der Waals surface area contributed by atoms with Crippen LogP contribution in [0.25, 0.3) is 0 Å². The van der Waals surface area contributed by atoms with Crippen molar-refractivity contribution in [3.63, 3.8) is 0 Å². The van der Waals surface area contributed by atoms with Gasteiger partial charge in [-0.2, -0.15) is 5.10 Å². The van der Waals surface area contributed by atoms with Crippen LogP contribution < -0.4 is 14.9 Å². The summed E-state index contributed by atoms with van der Waals surface area (Å²) in [5.41, 5.74) is 3.11. The van der Waals surface area contributed by atoms with Crippen molar-refractivity contribution in [3.05, 3.63) is 35.5 Å². The van der Waals surface area contributed by atoms with Gasteiger partial charge >= 0.3 is 6.09 Å². The Balaban J connectivity index is 1.42. The molecule has 2 aliphatic rings. The average Bonchev–Trinajstić information content (AvgIpc) is 3.34. The Morgan fingerprint density at radius 3 is 2.90 bits per heavy atom. The van der Waals surface area contributed by atoms with Crippen molar-refractivity contribution in [2.75, 3.05) is 16.7 Å². The molecule has 4 rings (SSSR count). The third-order valence-corrected chi connectivity index (χ3v) is 7.25. The second-order valence-electron chi connectivity index (χ2n) is 8.21. The molecule has 0 spiro atoms. The molecule has 1 aromatic heterocycles. The highest BCUT2D eigenvalue weighted by Gasteiger charge is 2.33. The lowest BCUT2D eigenvalue weighted by atomic mass is 10.0. The number of benzene rings is 1. The van der Waals surface area contributed by atoms with Crippen LogP contribution in [0.4, 0.5) is 22.0 Å². The molecule has 1 fully saturated rings. The number of H-pyrrole nitrogens is 1. The van der Waals surface area contributed by atoms with Gasteiger partial charge < -0.3 is 15.4 Å². The van der Waals surface area contributed by atoms with Gasteiger partial charge in [0.2, 0.25) is 10.0 Å². The van der Waals surface area contributed by atoms with Gasteiger partial charge in [0.25, 0.3) is 0 Å². The van der Waals surface area contributed by atoms with Gasteiger partial charge in [-0.1, -0.05) is 12.1 Å². The normalized spacial score (nSPS) is 22.2. The number of para-hydroxylation sites is 1. The van der Waals surface area contributed by atoms with Crippen molar-refractivity contribution in [1.82, 2.24) is 15.5 Å². The summed E-state index contributed by atoms with van der Waals surface area (Å²) in [4.78, 5) is 11.8. The van der Waals surface area contributed by atoms with E-state index < -0.39 is 10.0 Å². The molecule has 1 saturated carbocycles. The molecule has 1 amide bonds. The third kappa shape index (κ3) is 4.09. The number of rotatable bonds is 5. The van der Waals surface area contributed by atoms with E-state index in [1.807, 2.05) is 38.1 Å². The van der Waals surface area contributed by atoms with Crippen molar-refractivity contribution in [2.45, 2.75) is 56.9 Å². The Labute approximate surface area is 176 Å². The van der Waals surface area contributed by atoms with Crippen molar-refractivity contribution >= 4 is 33.3 Å². The Morgan fingerprint density at radius 1 is 1.33 bits per heavy atom. The molecule has 0 bridgehead atoms. The Hall–Kier alpha value is -2.75. The molecule has 2 aromatic rings. The van der Waals surface area contributed by atoms with Crippen LogP contribution in [0.3, 0.4) is 0 Å². The first-order valence-electron chi connectivity index (χ1n) is 10.1. The number of fused-ring (bicyclic) bond motifs is 1. The number of alkyl carbamates (subject to hydrolysis) is 1. The van der Waals surface area contributed by atoms with E-state index in [0.717, 1.165) is 30.5 Å². The quantitative estimate of drug-likeness (QED) is 0.667. The summed E-state index contributed by atoms with van der Waals surface area (Å²) in [6.45, 7) is 3.79. The predicted molar refractivity (Wildman–Crippen MR) is 114 cm³/mol. The topological polar surface area (TPSA) is 116 Å². The summed E-state index contributed by atoms with van der Waals surface area (Å²) in [7, 11) is -1.75. The lowest BCUT2D eigenvalue weighted by molar-refractivity contribution is 0.0981. The maximum Gasteiger partial charge on any atom is 0.407 e. The standard InChI is InChI=1S/C20H27N5O4S/c1-12(2)21-20(26)29-15-8-7-13(9-15)17-10-18(24-23-17)22-16-6-4-5-14-11-30(27,28)25(3)19(14)16/h4-6,10,12-13,15H,7-9,11H2,1-3H3,(H,21,26)(H2,22,23,24)/t13-,15+/m0/s1. The highest BCUT2D eigenvalue weighted by molar-refractivity contribution is 7.92. The molecule has 2 heterocycles. The first-order chi connectivity index (χ1) is 14.2. The molecular weight excluding hydrogens is 406 g/mol. The van der Waals surface area contributed by atoms with Gasteiger partial charge in [-0.3, -0.25) is 9.40 Å². The van der Waals surface area contributed by atoms with Gasteiger partial charge in [0.15, 0.2) is 5.82 Å². The van der Waals surface area contributed by atoms with E-state index in [4.69, 9.17) is 4.74 Å². The number of nitrogens with one attached hydrogen (secondary N) is 3. The molecule has 3 N–H and O–H groups in total. The predicted octanol–water partition coefficient (Wildman–Crippen LogP) is 3.20. The molecule has 1 aliphatic heterocycles. The fourth-order valence-corrected chi connectivity index (χ4v) is 5.42. The summed E-state index contributed by atoms with van der Waals surface area (Å²) in [5, 5.41) is 13.4. The van der Waals surface area contributed by atoms with E-state index in [-0.39, 0.29) is 29.9 Å². The van der Waals surface area contributed by atoms with E-state index in [0.29, 0.717) is 17.2 Å². The van der Waals surface area contributed by atoms with Crippen LogP contribution in [-0.2, 0) is 20.5 Å². The van der Waals surface area contributed by atoms with E-state index >= 15 is 0 Å². The fourth-order valence-electron chi connectivity index (χ4n) is 4.11. The third-order valence-electron chi connectivity index (χ3n) is 5.55. The van der Waals surface area contributed by atoms with Gasteiger partial charge in [-0.25, -0.2) is 13.2 Å². The molecule has 162 valence electrons. The number of nitrogens with zero attached hydrogens (tertiary/aromatic N) is 2. The highest BCUT2D eigenvalue weighted by Crippen LogP contribution is 2.40. The second-order valence-corrected chi connectivity index (χ2v) is 10.2. The summed E-state index contributed by atoms with van der Waals surface area (Å²) >= 11 is 0. The molecule has 1 aromatic carbocycles. The van der Waals surface area contributed by atoms with Crippen LogP contribution in [0.1, 0.15) is 50.3 Å². The Kier molecular flexibility index (Phi) is 5.35. The molecule has 0 saturated heterocycles. The first-order valence-corrected chi connectivity index (χ1v) is 11.7. The number of sulfonamides is 1. The number of hydrogen-bond donors (Lipinski definition) is 3. The molecule has 30 heavy (non-hydrogen) atoms. The Bertz CT molecular complexity index is 1050. The second kappa shape index (κ2) is 7.82. The molecule has 9 nitrogen and oxygen atoms in total. The number of hydrogen-bond acceptors (Lipinski definition) is 6. The van der Waals surface area contributed by atoms with Crippen LogP contribution in [0.15, 0.2) is 24.3 Å². The minimum absolute atomic E-state index is 0.00795. The van der Waals surface area contributed by atoms with Crippen molar-refractivity contribution in [1.29, 1.82) is 0 Å².